The number of carbonyl (C=O) groups excluding carboxylic acids is 2. The summed E-state index contributed by atoms with van der Waals surface area (Å²) < 4.78 is 0.734. The maximum Gasteiger partial charge on any atom is 0.251 e. The van der Waals surface area contributed by atoms with Crippen molar-refractivity contribution in [2.75, 3.05) is 22.5 Å². The van der Waals surface area contributed by atoms with Crippen molar-refractivity contribution >= 4 is 35.0 Å². The van der Waals surface area contributed by atoms with E-state index in [1.54, 1.807) is 35.2 Å². The van der Waals surface area contributed by atoms with E-state index in [4.69, 9.17) is 0 Å². The molecule has 1 fully saturated rings. The molecule has 0 bridgehead atoms. The summed E-state index contributed by atoms with van der Waals surface area (Å²) >= 11 is 1.18. The van der Waals surface area contributed by atoms with Gasteiger partial charge in [0.25, 0.3) is 5.03 Å². The zero-order valence-corrected chi connectivity index (χ0v) is 13.8. The minimum absolute atomic E-state index is 0.109. The average molecular weight is 343 g/mol. The zero-order valence-electron chi connectivity index (χ0n) is 13.0. The van der Waals surface area contributed by atoms with Crippen LogP contribution in [-0.2, 0) is 9.59 Å². The number of hydrogen-bond donors (Lipinski definition) is 1. The highest BCUT2D eigenvalue weighted by atomic mass is 32.2. The number of aromatic nitrogens is 1. The second-order valence-electron chi connectivity index (χ2n) is 5.40. The molecule has 0 aliphatic carbocycles. The molecule has 1 aromatic carbocycles. The summed E-state index contributed by atoms with van der Waals surface area (Å²) in [5, 5.41) is 14.8. The van der Waals surface area contributed by atoms with Gasteiger partial charge in [-0.25, -0.2) is 0 Å². The minimum atomic E-state index is -0.200. The lowest BCUT2D eigenvalue weighted by Gasteiger charge is -2.16. The molecule has 0 saturated carbocycles. The molecular weight excluding hydrogens is 326 g/mol. The molecule has 2 aromatic rings. The number of rotatable bonds is 5. The molecular formula is C17H17N3O3S. The average Bonchev–Trinajstić information content (AvgIpc) is 3.00. The van der Waals surface area contributed by atoms with Crippen LogP contribution in [0.15, 0.2) is 53.7 Å². The molecule has 1 aliphatic heterocycles. The van der Waals surface area contributed by atoms with Crippen LogP contribution in [-0.4, -0.2) is 24.1 Å². The molecule has 1 aromatic heterocycles. The van der Waals surface area contributed by atoms with Crippen molar-refractivity contribution in [1.29, 1.82) is 0 Å². The van der Waals surface area contributed by atoms with Gasteiger partial charge in [-0.1, -0.05) is 6.07 Å². The van der Waals surface area contributed by atoms with Crippen molar-refractivity contribution in [2.24, 2.45) is 0 Å². The standard InChI is InChI=1S/C17H17N3O3S/c21-15(12-24-17-8-1-2-10-20(17)23)18-13-5-3-6-14(11-13)19-9-4-7-16(19)22/h1-3,5-6,8,10-11H,4,7,9,12H2,(H,18,21). The Morgan fingerprint density at radius 2 is 2.17 bits per heavy atom. The van der Waals surface area contributed by atoms with E-state index in [0.717, 1.165) is 16.8 Å². The van der Waals surface area contributed by atoms with Gasteiger partial charge in [-0.05, 0) is 42.4 Å². The van der Waals surface area contributed by atoms with E-state index in [9.17, 15) is 14.8 Å². The summed E-state index contributed by atoms with van der Waals surface area (Å²) in [7, 11) is 0. The van der Waals surface area contributed by atoms with Crippen molar-refractivity contribution in [3.8, 4) is 0 Å². The monoisotopic (exact) mass is 343 g/mol. The van der Waals surface area contributed by atoms with Gasteiger partial charge in [0.15, 0.2) is 6.20 Å². The fourth-order valence-corrected chi connectivity index (χ4v) is 3.25. The van der Waals surface area contributed by atoms with Gasteiger partial charge >= 0.3 is 0 Å². The van der Waals surface area contributed by atoms with Crippen LogP contribution in [0.4, 0.5) is 11.4 Å². The first-order chi connectivity index (χ1) is 11.6. The van der Waals surface area contributed by atoms with Crippen molar-refractivity contribution in [3.05, 3.63) is 53.9 Å². The minimum Gasteiger partial charge on any atom is -0.618 e. The molecule has 1 N–H and O–H groups in total. The van der Waals surface area contributed by atoms with Crippen LogP contribution < -0.4 is 14.9 Å². The number of thioether (sulfide) groups is 1. The fraction of sp³-hybridized carbons (Fsp3) is 0.235. The maximum atomic E-state index is 12.1. The summed E-state index contributed by atoms with van der Waals surface area (Å²) in [6.45, 7) is 0.712. The Labute approximate surface area is 144 Å². The van der Waals surface area contributed by atoms with E-state index in [1.807, 2.05) is 12.1 Å². The van der Waals surface area contributed by atoms with Crippen LogP contribution in [0.2, 0.25) is 0 Å². The first kappa shape index (κ1) is 16.3. The summed E-state index contributed by atoms with van der Waals surface area (Å²) in [5.41, 5.74) is 1.43. The molecule has 2 amide bonds. The number of pyridine rings is 1. The molecule has 6 nitrogen and oxygen atoms in total. The topological polar surface area (TPSA) is 76.3 Å². The quantitative estimate of drug-likeness (QED) is 0.513. The van der Waals surface area contributed by atoms with E-state index >= 15 is 0 Å². The van der Waals surface area contributed by atoms with E-state index in [0.29, 0.717) is 23.7 Å². The Morgan fingerprint density at radius 3 is 2.92 bits per heavy atom. The number of hydrogen-bond acceptors (Lipinski definition) is 4. The Morgan fingerprint density at radius 1 is 1.29 bits per heavy atom. The predicted molar refractivity (Wildman–Crippen MR) is 92.8 cm³/mol. The summed E-state index contributed by atoms with van der Waals surface area (Å²) in [4.78, 5) is 25.6. The number of nitrogens with zero attached hydrogens (tertiary/aromatic N) is 2. The Kier molecular flexibility index (Phi) is 5.00. The normalized spacial score (nSPS) is 14.0. The van der Waals surface area contributed by atoms with Crippen LogP contribution in [0, 0.1) is 5.21 Å². The van der Waals surface area contributed by atoms with E-state index in [1.165, 1.54) is 18.0 Å². The van der Waals surface area contributed by atoms with Gasteiger partial charge in [0.2, 0.25) is 11.8 Å². The molecule has 1 aliphatic rings. The van der Waals surface area contributed by atoms with Gasteiger partial charge in [0, 0.05) is 36.5 Å². The lowest BCUT2D eigenvalue weighted by molar-refractivity contribution is -0.645. The summed E-state index contributed by atoms with van der Waals surface area (Å²) in [6, 6.07) is 12.3. The van der Waals surface area contributed by atoms with E-state index in [-0.39, 0.29) is 17.6 Å². The van der Waals surface area contributed by atoms with Gasteiger partial charge in [-0.2, -0.15) is 4.73 Å². The molecule has 24 heavy (non-hydrogen) atoms. The van der Waals surface area contributed by atoms with Crippen molar-refractivity contribution in [3.63, 3.8) is 0 Å². The van der Waals surface area contributed by atoms with Crippen molar-refractivity contribution < 1.29 is 14.3 Å². The highest BCUT2D eigenvalue weighted by Gasteiger charge is 2.21. The molecule has 0 unspecified atom stereocenters. The molecule has 3 rings (SSSR count). The number of carbonyl (C=O) groups is 2. The van der Waals surface area contributed by atoms with E-state index < -0.39 is 0 Å². The van der Waals surface area contributed by atoms with Crippen LogP contribution in [0.5, 0.6) is 0 Å². The fourth-order valence-electron chi connectivity index (χ4n) is 2.53. The van der Waals surface area contributed by atoms with Crippen LogP contribution >= 0.6 is 11.8 Å². The number of anilines is 2. The predicted octanol–water partition coefficient (Wildman–Crippen LogP) is 2.18. The molecule has 7 heteroatoms. The Bertz CT molecular complexity index is 766. The molecule has 0 atom stereocenters. The lowest BCUT2D eigenvalue weighted by atomic mass is 10.2. The van der Waals surface area contributed by atoms with Crippen LogP contribution in [0.25, 0.3) is 0 Å². The highest BCUT2D eigenvalue weighted by Crippen LogP contribution is 2.24. The van der Waals surface area contributed by atoms with Gasteiger partial charge < -0.3 is 15.4 Å². The van der Waals surface area contributed by atoms with Gasteiger partial charge in [0.05, 0.1) is 5.75 Å². The maximum absolute atomic E-state index is 12.1. The zero-order chi connectivity index (χ0) is 16.9. The smallest absolute Gasteiger partial charge is 0.251 e. The number of amides is 2. The van der Waals surface area contributed by atoms with Gasteiger partial charge in [0.1, 0.15) is 0 Å². The SMILES string of the molecule is O=C(CSc1cccc[n+]1[O-])Nc1cccc(N2CCCC2=O)c1. The molecule has 1 saturated heterocycles. The summed E-state index contributed by atoms with van der Waals surface area (Å²) in [6.07, 6.45) is 2.83. The molecule has 0 radical (unpaired) electrons. The second kappa shape index (κ2) is 7.35. The first-order valence-corrected chi connectivity index (χ1v) is 8.63. The Balaban J connectivity index is 1.60. The molecule has 124 valence electrons. The molecule has 0 spiro atoms. The summed E-state index contributed by atoms with van der Waals surface area (Å²) in [5.74, 6) is 0.0472. The molecule has 2 heterocycles. The highest BCUT2D eigenvalue weighted by molar-refractivity contribution is 7.99. The lowest BCUT2D eigenvalue weighted by Crippen LogP contribution is -2.28. The van der Waals surface area contributed by atoms with Gasteiger partial charge in [-0.15, -0.1) is 0 Å². The van der Waals surface area contributed by atoms with Gasteiger partial charge in [-0.3, -0.25) is 9.59 Å². The third-order valence-corrected chi connectivity index (χ3v) is 4.67. The van der Waals surface area contributed by atoms with Crippen LogP contribution in [0.3, 0.4) is 0 Å². The third kappa shape index (κ3) is 3.86. The van der Waals surface area contributed by atoms with Crippen LogP contribution in [0.1, 0.15) is 12.8 Å². The first-order valence-electron chi connectivity index (χ1n) is 7.65. The van der Waals surface area contributed by atoms with Crippen molar-refractivity contribution in [1.82, 2.24) is 0 Å². The Hall–Kier alpha value is -2.54. The third-order valence-electron chi connectivity index (χ3n) is 3.65. The van der Waals surface area contributed by atoms with Crippen molar-refractivity contribution in [2.45, 2.75) is 17.9 Å². The number of nitrogens with one attached hydrogen (secondary N) is 1. The largest absolute Gasteiger partial charge is 0.618 e. The second-order valence-corrected chi connectivity index (χ2v) is 6.40. The number of benzene rings is 1. The van der Waals surface area contributed by atoms with E-state index in [2.05, 4.69) is 5.32 Å².